The van der Waals surface area contributed by atoms with Crippen LogP contribution in [0, 0.1) is 11.6 Å². The minimum atomic E-state index is -1.38. The van der Waals surface area contributed by atoms with Gasteiger partial charge in [0, 0.05) is 33.2 Å². The van der Waals surface area contributed by atoms with Crippen molar-refractivity contribution in [3.63, 3.8) is 0 Å². The van der Waals surface area contributed by atoms with Gasteiger partial charge in [0.05, 0.1) is 13.7 Å². The Kier molecular flexibility index (Phi) is 18.9. The molecule has 0 radical (unpaired) electrons. The largest absolute Gasteiger partial charge is 0.476 e. The maximum absolute atomic E-state index is 13.1. The van der Waals surface area contributed by atoms with Crippen molar-refractivity contribution in [2.24, 2.45) is 10.7 Å². The Bertz CT molecular complexity index is 1230. The molecule has 0 atom stereocenters. The lowest BCUT2D eigenvalue weighted by Crippen LogP contribution is -2.14. The van der Waals surface area contributed by atoms with Crippen molar-refractivity contribution in [2.45, 2.75) is 39.5 Å². The monoisotopic (exact) mass is 634 g/mol. The third kappa shape index (κ3) is 16.4. The molecule has 0 unspecified atom stereocenters. The number of hydrogen-bond acceptors (Lipinski definition) is 8. The number of carbonyl (C=O) groups excluding carboxylic acids is 2. The van der Waals surface area contributed by atoms with Gasteiger partial charge < -0.3 is 15.6 Å². The molecule has 0 saturated heterocycles. The molecular formula is C27H30Cl2F2N2O5S2. The molecule has 218 valence electrons. The van der Waals surface area contributed by atoms with Gasteiger partial charge in [0.2, 0.25) is 5.78 Å². The van der Waals surface area contributed by atoms with E-state index >= 15 is 0 Å². The number of Topliss-reactive ketones (excluding diaryl/α,β-unsaturated/α-hetero) is 1. The number of aryl methyl sites for hydroxylation is 2. The van der Waals surface area contributed by atoms with Crippen molar-refractivity contribution in [1.82, 2.24) is 0 Å². The van der Waals surface area contributed by atoms with E-state index in [0.29, 0.717) is 52.7 Å². The molecule has 0 aromatic heterocycles. The number of ketones is 1. The average molecular weight is 636 g/mol. The van der Waals surface area contributed by atoms with Gasteiger partial charge >= 0.3 is 11.9 Å². The van der Waals surface area contributed by atoms with Gasteiger partial charge in [0.25, 0.3) is 0 Å². The smallest absolute Gasteiger partial charge is 0.371 e. The Morgan fingerprint density at radius 2 is 1.35 bits per heavy atom. The maximum Gasteiger partial charge on any atom is 0.371 e. The fourth-order valence-corrected chi connectivity index (χ4v) is 3.31. The SMILES string of the molecule is CC(=O)C(=O)O.COC(=O)C(C)=NCC(=S)CCc1cc(F)ccc1Cl.NCC(=S)CCc1cc(F)ccc1Cl. The minimum Gasteiger partial charge on any atom is -0.476 e. The number of esters is 1. The van der Waals surface area contributed by atoms with Gasteiger partial charge in [-0.25, -0.2) is 18.4 Å². The highest BCUT2D eigenvalue weighted by molar-refractivity contribution is 7.80. The third-order valence-corrected chi connectivity index (χ3v) is 6.31. The number of nitrogens with zero attached hydrogens (tertiary/aromatic N) is 1. The van der Waals surface area contributed by atoms with Gasteiger partial charge in [-0.15, -0.1) is 0 Å². The van der Waals surface area contributed by atoms with E-state index < -0.39 is 17.7 Å². The Hall–Kier alpha value is -2.70. The van der Waals surface area contributed by atoms with E-state index in [4.69, 9.17) is 58.5 Å². The molecule has 0 aliphatic carbocycles. The molecule has 13 heteroatoms. The van der Waals surface area contributed by atoms with Gasteiger partial charge in [-0.3, -0.25) is 9.79 Å². The van der Waals surface area contributed by atoms with Crippen molar-refractivity contribution in [3.05, 3.63) is 69.2 Å². The lowest BCUT2D eigenvalue weighted by atomic mass is 10.1. The predicted octanol–water partition coefficient (Wildman–Crippen LogP) is 5.82. The fourth-order valence-electron chi connectivity index (χ4n) is 2.62. The quantitative estimate of drug-likeness (QED) is 0.137. The topological polar surface area (TPSA) is 119 Å². The van der Waals surface area contributed by atoms with Crippen LogP contribution in [0.25, 0.3) is 0 Å². The molecule has 0 saturated carbocycles. The van der Waals surface area contributed by atoms with E-state index in [1.807, 2.05) is 0 Å². The van der Waals surface area contributed by atoms with Gasteiger partial charge in [0.1, 0.15) is 17.3 Å². The number of thiocarbonyl (C=S) groups is 2. The number of carboxylic acid groups (broad SMARTS) is 1. The highest BCUT2D eigenvalue weighted by Crippen LogP contribution is 2.19. The zero-order valence-electron chi connectivity index (χ0n) is 22.1. The summed E-state index contributed by atoms with van der Waals surface area (Å²) in [6, 6.07) is 8.56. The standard InChI is InChI=1S/C14H15ClFNO2S.C10H11ClFNS.C3H4O3/c1-9(14(18)19-2)17-8-12(20)5-3-10-7-11(16)4-6-13(10)15;11-10-4-2-8(12)5-7(10)1-3-9(14)6-13;1-2(4)3(5)6/h4,6-7H,3,5,8H2,1-2H3;2,4-5H,1,3,6,13H2;1H3,(H,5,6). The minimum absolute atomic E-state index is 0.267. The molecule has 0 bridgehead atoms. The van der Waals surface area contributed by atoms with E-state index in [9.17, 15) is 23.2 Å². The molecule has 3 N–H and O–H groups in total. The molecule has 2 rings (SSSR count). The van der Waals surface area contributed by atoms with Crippen molar-refractivity contribution in [1.29, 1.82) is 0 Å². The predicted molar refractivity (Wildman–Crippen MR) is 162 cm³/mol. The molecule has 0 spiro atoms. The number of hydrogen-bond donors (Lipinski definition) is 2. The van der Waals surface area contributed by atoms with Crippen molar-refractivity contribution in [3.8, 4) is 0 Å². The molecule has 40 heavy (non-hydrogen) atoms. The van der Waals surface area contributed by atoms with E-state index in [1.54, 1.807) is 13.0 Å². The third-order valence-electron chi connectivity index (χ3n) is 4.86. The van der Waals surface area contributed by atoms with Gasteiger partial charge in [-0.1, -0.05) is 47.6 Å². The maximum atomic E-state index is 13.1. The second-order valence-corrected chi connectivity index (χ2v) is 9.98. The molecular weight excluding hydrogens is 605 g/mol. The zero-order chi connectivity index (χ0) is 30.8. The summed E-state index contributed by atoms with van der Waals surface area (Å²) in [5.41, 5.74) is 7.12. The van der Waals surface area contributed by atoms with Crippen LogP contribution in [0.3, 0.4) is 0 Å². The summed E-state index contributed by atoms with van der Waals surface area (Å²) < 4.78 is 30.5. The second-order valence-electron chi connectivity index (χ2n) is 8.01. The fraction of sp³-hybridized carbons (Fsp3) is 0.333. The molecule has 0 aliphatic heterocycles. The van der Waals surface area contributed by atoms with Gasteiger partial charge in [-0.05, 0) is 80.1 Å². The zero-order valence-corrected chi connectivity index (χ0v) is 25.3. The number of aliphatic carboxylic acids is 1. The van der Waals surface area contributed by atoms with Gasteiger partial charge in [-0.2, -0.15) is 0 Å². The molecule has 2 aromatic rings. The molecule has 0 aliphatic rings. The lowest BCUT2D eigenvalue weighted by Gasteiger charge is -2.05. The highest BCUT2D eigenvalue weighted by Gasteiger charge is 2.07. The van der Waals surface area contributed by atoms with Crippen LogP contribution in [0.5, 0.6) is 0 Å². The average Bonchev–Trinajstić information content (AvgIpc) is 2.92. The van der Waals surface area contributed by atoms with Gasteiger partial charge in [0.15, 0.2) is 0 Å². The van der Waals surface area contributed by atoms with Crippen LogP contribution >= 0.6 is 47.6 Å². The Balaban J connectivity index is 0.000000657. The second kappa shape index (κ2) is 20.2. The van der Waals surface area contributed by atoms with Crippen LogP contribution < -0.4 is 5.73 Å². The lowest BCUT2D eigenvalue weighted by molar-refractivity contribution is -0.148. The number of ether oxygens (including phenoxy) is 1. The summed E-state index contributed by atoms with van der Waals surface area (Å²) in [4.78, 5) is 35.5. The molecule has 2 aromatic carbocycles. The number of carboxylic acids is 1. The molecule has 0 fully saturated rings. The molecule has 0 amide bonds. The summed E-state index contributed by atoms with van der Waals surface area (Å²) in [6.45, 7) is 3.23. The number of halogens is 4. The van der Waals surface area contributed by atoms with Crippen LogP contribution in [0.4, 0.5) is 8.78 Å². The summed E-state index contributed by atoms with van der Waals surface area (Å²) >= 11 is 22.0. The summed E-state index contributed by atoms with van der Waals surface area (Å²) in [6.07, 6.45) is 2.42. The summed E-state index contributed by atoms with van der Waals surface area (Å²) in [5.74, 6) is -3.27. The van der Waals surface area contributed by atoms with Crippen molar-refractivity contribution >= 4 is 80.8 Å². The van der Waals surface area contributed by atoms with E-state index in [1.165, 1.54) is 37.4 Å². The molecule has 0 heterocycles. The number of aliphatic imine (C=N–C) groups is 1. The summed E-state index contributed by atoms with van der Waals surface area (Å²) in [5, 5.41) is 8.73. The highest BCUT2D eigenvalue weighted by atomic mass is 35.5. The number of rotatable bonds is 11. The first kappa shape index (κ1) is 37.3. The first-order chi connectivity index (χ1) is 18.7. The van der Waals surface area contributed by atoms with E-state index in [-0.39, 0.29) is 23.9 Å². The van der Waals surface area contributed by atoms with Crippen molar-refractivity contribution < 1.29 is 33.0 Å². The van der Waals surface area contributed by atoms with Crippen LogP contribution in [-0.4, -0.2) is 58.5 Å². The van der Waals surface area contributed by atoms with Crippen molar-refractivity contribution in [2.75, 3.05) is 20.2 Å². The van der Waals surface area contributed by atoms with Crippen LogP contribution in [-0.2, 0) is 32.0 Å². The Labute approximate surface area is 252 Å². The Morgan fingerprint density at radius 1 is 0.925 bits per heavy atom. The normalized spacial score (nSPS) is 10.3. The van der Waals surface area contributed by atoms with Crippen LogP contribution in [0.1, 0.15) is 37.8 Å². The molecule has 7 nitrogen and oxygen atoms in total. The van der Waals surface area contributed by atoms with Crippen LogP contribution in [0.2, 0.25) is 10.0 Å². The number of carbonyl (C=O) groups is 3. The number of nitrogens with two attached hydrogens (primary N) is 1. The number of methoxy groups -OCH3 is 1. The van der Waals surface area contributed by atoms with E-state index in [0.717, 1.165) is 17.4 Å². The van der Waals surface area contributed by atoms with E-state index in [2.05, 4.69) is 9.73 Å². The van der Waals surface area contributed by atoms with Crippen LogP contribution in [0.15, 0.2) is 41.4 Å². The Morgan fingerprint density at radius 3 is 1.73 bits per heavy atom. The first-order valence-electron chi connectivity index (χ1n) is 11.7. The summed E-state index contributed by atoms with van der Waals surface area (Å²) in [7, 11) is 1.30. The first-order valence-corrected chi connectivity index (χ1v) is 13.2. The number of benzene rings is 2.